The molecule has 2 heterocycles. The van der Waals surface area contributed by atoms with Gasteiger partial charge in [-0.2, -0.15) is 4.31 Å². The summed E-state index contributed by atoms with van der Waals surface area (Å²) in [7, 11) is -1.72. The Bertz CT molecular complexity index is 876. The Hall–Kier alpha value is -1.91. The lowest BCUT2D eigenvalue weighted by Gasteiger charge is -2.26. The number of carbonyl (C=O) groups excluding carboxylic acids is 1. The average Bonchev–Trinajstić information content (AvgIpc) is 3.06. The Kier molecular flexibility index (Phi) is 5.94. The molecule has 1 amide bonds. The standard InChI is InChI=1S/C16H21N5O3S2/c1-20-12-17-19-16(20)25-11-15(22)18-13-6-5-7-14(10-13)26(23,24)21-8-3-2-4-9-21/h5-7,10,12H,2-4,8-9,11H2,1H3,(H,18,22). The summed E-state index contributed by atoms with van der Waals surface area (Å²) in [5.74, 6) is -0.0687. The van der Waals surface area contributed by atoms with E-state index in [1.807, 2.05) is 0 Å². The van der Waals surface area contributed by atoms with Gasteiger partial charge in [-0.05, 0) is 31.0 Å². The molecular weight excluding hydrogens is 374 g/mol. The molecule has 0 radical (unpaired) electrons. The maximum absolute atomic E-state index is 12.7. The number of hydrogen-bond acceptors (Lipinski definition) is 6. The quantitative estimate of drug-likeness (QED) is 0.748. The maximum atomic E-state index is 12.7. The van der Waals surface area contributed by atoms with E-state index in [0.717, 1.165) is 19.3 Å². The van der Waals surface area contributed by atoms with Crippen molar-refractivity contribution in [1.29, 1.82) is 0 Å². The predicted molar refractivity (Wildman–Crippen MR) is 99.4 cm³/mol. The summed E-state index contributed by atoms with van der Waals surface area (Å²) in [5, 5.41) is 11.0. The molecule has 1 aromatic carbocycles. The number of hydrogen-bond donors (Lipinski definition) is 1. The summed E-state index contributed by atoms with van der Waals surface area (Å²) in [6.07, 6.45) is 4.39. The van der Waals surface area contributed by atoms with Gasteiger partial charge in [0.25, 0.3) is 0 Å². The third-order valence-electron chi connectivity index (χ3n) is 4.07. The number of nitrogens with zero attached hydrogens (tertiary/aromatic N) is 4. The highest BCUT2D eigenvalue weighted by Crippen LogP contribution is 2.23. The van der Waals surface area contributed by atoms with Crippen molar-refractivity contribution >= 4 is 33.4 Å². The number of sulfonamides is 1. The molecule has 1 aliphatic rings. The van der Waals surface area contributed by atoms with Gasteiger partial charge < -0.3 is 9.88 Å². The fourth-order valence-corrected chi connectivity index (χ4v) is 4.97. The molecule has 3 rings (SSSR count). The summed E-state index contributed by atoms with van der Waals surface area (Å²) >= 11 is 1.26. The zero-order valence-electron chi connectivity index (χ0n) is 14.5. The average molecular weight is 396 g/mol. The molecule has 2 aromatic rings. The zero-order chi connectivity index (χ0) is 18.6. The van der Waals surface area contributed by atoms with E-state index in [2.05, 4.69) is 15.5 Å². The van der Waals surface area contributed by atoms with Crippen LogP contribution in [0.15, 0.2) is 40.6 Å². The van der Waals surface area contributed by atoms with Crippen LogP contribution in [0.1, 0.15) is 19.3 Å². The minimum Gasteiger partial charge on any atom is -0.325 e. The monoisotopic (exact) mass is 395 g/mol. The van der Waals surface area contributed by atoms with Crippen molar-refractivity contribution in [2.24, 2.45) is 7.05 Å². The van der Waals surface area contributed by atoms with Crippen LogP contribution in [0, 0.1) is 0 Å². The highest BCUT2D eigenvalue weighted by atomic mass is 32.2. The molecule has 1 aliphatic heterocycles. The molecule has 1 aromatic heterocycles. The predicted octanol–water partition coefficient (Wildman–Crippen LogP) is 1.72. The van der Waals surface area contributed by atoms with E-state index in [9.17, 15) is 13.2 Å². The van der Waals surface area contributed by atoms with Crippen molar-refractivity contribution in [2.45, 2.75) is 29.3 Å². The Balaban J connectivity index is 1.65. The molecule has 1 N–H and O–H groups in total. The molecule has 140 valence electrons. The van der Waals surface area contributed by atoms with Crippen LogP contribution in [0.25, 0.3) is 0 Å². The van der Waals surface area contributed by atoms with E-state index in [4.69, 9.17) is 0 Å². The number of rotatable bonds is 6. The Labute approximate surface area is 157 Å². The summed E-state index contributed by atoms with van der Waals surface area (Å²) in [4.78, 5) is 12.3. The molecule has 8 nitrogen and oxygen atoms in total. The first-order valence-electron chi connectivity index (χ1n) is 8.34. The van der Waals surface area contributed by atoms with Gasteiger partial charge in [0.2, 0.25) is 15.9 Å². The van der Waals surface area contributed by atoms with Gasteiger partial charge in [-0.25, -0.2) is 8.42 Å². The van der Waals surface area contributed by atoms with Crippen molar-refractivity contribution in [3.8, 4) is 0 Å². The van der Waals surface area contributed by atoms with Crippen LogP contribution in [-0.4, -0.2) is 52.2 Å². The highest BCUT2D eigenvalue weighted by Gasteiger charge is 2.26. The van der Waals surface area contributed by atoms with Gasteiger partial charge in [0.05, 0.1) is 10.6 Å². The SMILES string of the molecule is Cn1cnnc1SCC(=O)Nc1cccc(S(=O)(=O)N2CCCCC2)c1. The van der Waals surface area contributed by atoms with Gasteiger partial charge in [0.15, 0.2) is 5.16 Å². The summed E-state index contributed by atoms with van der Waals surface area (Å²) in [6, 6.07) is 6.39. The lowest BCUT2D eigenvalue weighted by Crippen LogP contribution is -2.35. The second kappa shape index (κ2) is 8.19. The first kappa shape index (κ1) is 18.9. The first-order chi connectivity index (χ1) is 12.5. The molecular formula is C16H21N5O3S2. The molecule has 1 fully saturated rings. The van der Waals surface area contributed by atoms with Gasteiger partial charge in [0, 0.05) is 25.8 Å². The largest absolute Gasteiger partial charge is 0.325 e. The van der Waals surface area contributed by atoms with Crippen LogP contribution in [0.5, 0.6) is 0 Å². The van der Waals surface area contributed by atoms with Crippen molar-refractivity contribution in [2.75, 3.05) is 24.2 Å². The van der Waals surface area contributed by atoms with Crippen molar-refractivity contribution < 1.29 is 13.2 Å². The number of carbonyl (C=O) groups is 1. The molecule has 0 saturated carbocycles. The minimum absolute atomic E-state index is 0.162. The third-order valence-corrected chi connectivity index (χ3v) is 7.00. The van der Waals surface area contributed by atoms with Gasteiger partial charge in [-0.1, -0.05) is 24.2 Å². The second-order valence-corrected chi connectivity index (χ2v) is 8.93. The van der Waals surface area contributed by atoms with Gasteiger partial charge >= 0.3 is 0 Å². The smallest absolute Gasteiger partial charge is 0.243 e. The van der Waals surface area contributed by atoms with Gasteiger partial charge in [-0.3, -0.25) is 4.79 Å². The number of nitrogens with one attached hydrogen (secondary N) is 1. The Morgan fingerprint density at radius 1 is 1.27 bits per heavy atom. The Morgan fingerprint density at radius 3 is 2.73 bits per heavy atom. The van der Waals surface area contributed by atoms with Crippen molar-refractivity contribution in [3.63, 3.8) is 0 Å². The number of aromatic nitrogens is 3. The second-order valence-electron chi connectivity index (χ2n) is 6.05. The number of thioether (sulfide) groups is 1. The van der Waals surface area contributed by atoms with E-state index in [1.165, 1.54) is 22.1 Å². The topological polar surface area (TPSA) is 97.2 Å². The van der Waals surface area contributed by atoms with Crippen LogP contribution in [0.3, 0.4) is 0 Å². The number of amides is 1. The number of aryl methyl sites for hydroxylation is 1. The fraction of sp³-hybridized carbons (Fsp3) is 0.438. The molecule has 10 heteroatoms. The first-order valence-corrected chi connectivity index (χ1v) is 10.8. The summed E-state index contributed by atoms with van der Waals surface area (Å²) < 4.78 is 28.7. The van der Waals surface area contributed by atoms with Crippen LogP contribution in [-0.2, 0) is 21.9 Å². The molecule has 0 aliphatic carbocycles. The number of anilines is 1. The van der Waals surface area contributed by atoms with E-state index >= 15 is 0 Å². The van der Waals surface area contributed by atoms with Gasteiger partial charge in [-0.15, -0.1) is 10.2 Å². The summed E-state index contributed by atoms with van der Waals surface area (Å²) in [5.41, 5.74) is 0.464. The molecule has 0 unspecified atom stereocenters. The third kappa shape index (κ3) is 4.43. The number of benzene rings is 1. The molecule has 26 heavy (non-hydrogen) atoms. The minimum atomic E-state index is -3.52. The van der Waals surface area contributed by atoms with Crippen molar-refractivity contribution in [1.82, 2.24) is 19.1 Å². The van der Waals surface area contributed by atoms with Crippen LogP contribution < -0.4 is 5.32 Å². The van der Waals surface area contributed by atoms with Gasteiger partial charge in [0.1, 0.15) is 6.33 Å². The lowest BCUT2D eigenvalue weighted by molar-refractivity contribution is -0.113. The highest BCUT2D eigenvalue weighted by molar-refractivity contribution is 7.99. The maximum Gasteiger partial charge on any atom is 0.243 e. The van der Waals surface area contributed by atoms with Crippen molar-refractivity contribution in [3.05, 3.63) is 30.6 Å². The van der Waals surface area contributed by atoms with Crippen LogP contribution in [0.4, 0.5) is 5.69 Å². The van der Waals surface area contributed by atoms with E-state index in [1.54, 1.807) is 36.1 Å². The fourth-order valence-electron chi connectivity index (χ4n) is 2.72. The summed E-state index contributed by atoms with van der Waals surface area (Å²) in [6.45, 7) is 1.10. The molecule has 1 saturated heterocycles. The molecule has 0 bridgehead atoms. The lowest BCUT2D eigenvalue weighted by atomic mass is 10.2. The Morgan fingerprint density at radius 2 is 2.04 bits per heavy atom. The van der Waals surface area contributed by atoms with E-state index < -0.39 is 10.0 Å². The molecule has 0 spiro atoms. The number of piperidine rings is 1. The van der Waals surface area contributed by atoms with Crippen LogP contribution in [0.2, 0.25) is 0 Å². The normalized spacial score (nSPS) is 15.7. The molecule has 0 atom stereocenters. The van der Waals surface area contributed by atoms with E-state index in [-0.39, 0.29) is 16.6 Å². The zero-order valence-corrected chi connectivity index (χ0v) is 16.1. The van der Waals surface area contributed by atoms with Crippen LogP contribution >= 0.6 is 11.8 Å². The van der Waals surface area contributed by atoms with E-state index in [0.29, 0.717) is 23.9 Å².